The maximum atomic E-state index is 12.7. The van der Waals surface area contributed by atoms with E-state index >= 15 is 0 Å². The molecule has 0 saturated heterocycles. The molecule has 0 amide bonds. The molecule has 0 radical (unpaired) electrons. The van der Waals surface area contributed by atoms with E-state index in [0.29, 0.717) is 12.0 Å². The van der Waals surface area contributed by atoms with Crippen LogP contribution in [0.2, 0.25) is 0 Å². The van der Waals surface area contributed by atoms with E-state index in [9.17, 15) is 13.2 Å². The Bertz CT molecular complexity index is 451. The van der Waals surface area contributed by atoms with E-state index in [0.717, 1.165) is 18.6 Å². The molecule has 104 valence electrons. The molecule has 5 heteroatoms. The van der Waals surface area contributed by atoms with Gasteiger partial charge in [-0.1, -0.05) is 25.5 Å². The Balaban J connectivity index is 3.00. The number of alkyl halides is 3. The van der Waals surface area contributed by atoms with Crippen molar-refractivity contribution < 1.29 is 17.9 Å². The second kappa shape index (κ2) is 6.58. The third-order valence-electron chi connectivity index (χ3n) is 2.69. The standard InChI is InChI=1S/C14H16F3NO/c1-3-5-13(19-10(2)9-18)11-6-4-7-12(8-11)14(15,16)17/h4,6-8,10,13H,3,5H2,1-2H3/t10-,13+/m0/s1. The van der Waals surface area contributed by atoms with Crippen LogP contribution in [0.4, 0.5) is 13.2 Å². The lowest BCUT2D eigenvalue weighted by Gasteiger charge is -2.20. The lowest BCUT2D eigenvalue weighted by atomic mass is 10.0. The molecule has 1 aromatic carbocycles. The zero-order valence-corrected chi connectivity index (χ0v) is 10.9. The molecule has 0 unspecified atom stereocenters. The molecule has 0 aliphatic rings. The quantitative estimate of drug-likeness (QED) is 0.791. The van der Waals surface area contributed by atoms with Gasteiger partial charge in [0.2, 0.25) is 0 Å². The first-order chi connectivity index (χ1) is 8.88. The van der Waals surface area contributed by atoms with Crippen LogP contribution < -0.4 is 0 Å². The summed E-state index contributed by atoms with van der Waals surface area (Å²) in [6.45, 7) is 3.50. The van der Waals surface area contributed by atoms with Gasteiger partial charge in [0.25, 0.3) is 0 Å². The van der Waals surface area contributed by atoms with Gasteiger partial charge in [-0.3, -0.25) is 0 Å². The van der Waals surface area contributed by atoms with Gasteiger partial charge in [0, 0.05) is 0 Å². The topological polar surface area (TPSA) is 33.0 Å². The number of ether oxygens (including phenoxy) is 1. The smallest absolute Gasteiger partial charge is 0.356 e. The lowest BCUT2D eigenvalue weighted by Crippen LogP contribution is -2.13. The fourth-order valence-corrected chi connectivity index (χ4v) is 1.77. The number of hydrogen-bond donors (Lipinski definition) is 0. The zero-order valence-electron chi connectivity index (χ0n) is 10.9. The third-order valence-corrected chi connectivity index (χ3v) is 2.69. The van der Waals surface area contributed by atoms with E-state index in [-0.39, 0.29) is 0 Å². The lowest BCUT2D eigenvalue weighted by molar-refractivity contribution is -0.137. The average Bonchev–Trinajstić information content (AvgIpc) is 2.37. The first-order valence-corrected chi connectivity index (χ1v) is 6.10. The van der Waals surface area contributed by atoms with E-state index < -0.39 is 23.9 Å². The second-order valence-electron chi connectivity index (χ2n) is 4.31. The van der Waals surface area contributed by atoms with Crippen molar-refractivity contribution in [3.05, 3.63) is 35.4 Å². The van der Waals surface area contributed by atoms with Crippen LogP contribution in [0.3, 0.4) is 0 Å². The van der Waals surface area contributed by atoms with Crippen LogP contribution in [0.25, 0.3) is 0 Å². The van der Waals surface area contributed by atoms with Gasteiger partial charge in [0.1, 0.15) is 6.10 Å². The Morgan fingerprint density at radius 1 is 1.37 bits per heavy atom. The zero-order chi connectivity index (χ0) is 14.5. The number of benzene rings is 1. The predicted molar refractivity (Wildman–Crippen MR) is 65.3 cm³/mol. The Labute approximate surface area is 110 Å². The van der Waals surface area contributed by atoms with Crippen molar-refractivity contribution in [3.8, 4) is 6.07 Å². The van der Waals surface area contributed by atoms with Crippen molar-refractivity contribution in [2.75, 3.05) is 0 Å². The van der Waals surface area contributed by atoms with E-state index in [1.807, 2.05) is 13.0 Å². The van der Waals surface area contributed by atoms with Gasteiger partial charge in [0.05, 0.1) is 17.7 Å². The highest BCUT2D eigenvalue weighted by atomic mass is 19.4. The van der Waals surface area contributed by atoms with Gasteiger partial charge in [-0.25, -0.2) is 0 Å². The highest BCUT2D eigenvalue weighted by molar-refractivity contribution is 5.27. The molecule has 1 rings (SSSR count). The molecular formula is C14H16F3NO. The Hall–Kier alpha value is -1.54. The molecule has 2 nitrogen and oxygen atoms in total. The van der Waals surface area contributed by atoms with E-state index in [2.05, 4.69) is 0 Å². The highest BCUT2D eigenvalue weighted by Crippen LogP contribution is 2.32. The van der Waals surface area contributed by atoms with Crippen LogP contribution in [0.1, 0.15) is 43.9 Å². The van der Waals surface area contributed by atoms with Crippen molar-refractivity contribution >= 4 is 0 Å². The van der Waals surface area contributed by atoms with Crippen LogP contribution in [-0.2, 0) is 10.9 Å². The van der Waals surface area contributed by atoms with E-state index in [4.69, 9.17) is 10.00 Å². The first kappa shape index (κ1) is 15.5. The first-order valence-electron chi connectivity index (χ1n) is 6.10. The summed E-state index contributed by atoms with van der Waals surface area (Å²) < 4.78 is 43.4. The fourth-order valence-electron chi connectivity index (χ4n) is 1.77. The largest absolute Gasteiger partial charge is 0.416 e. The molecule has 0 spiro atoms. The van der Waals surface area contributed by atoms with Crippen molar-refractivity contribution in [1.82, 2.24) is 0 Å². The van der Waals surface area contributed by atoms with Crippen molar-refractivity contribution in [1.29, 1.82) is 5.26 Å². The summed E-state index contributed by atoms with van der Waals surface area (Å²) in [5.41, 5.74) is -0.238. The van der Waals surface area contributed by atoms with Crippen molar-refractivity contribution in [2.45, 2.75) is 45.1 Å². The average molecular weight is 271 g/mol. The molecule has 0 N–H and O–H groups in total. The van der Waals surface area contributed by atoms with Gasteiger partial charge in [-0.05, 0) is 31.0 Å². The summed E-state index contributed by atoms with van der Waals surface area (Å²) in [5.74, 6) is 0. The van der Waals surface area contributed by atoms with Crippen LogP contribution in [-0.4, -0.2) is 6.10 Å². The molecule has 0 saturated carbocycles. The molecule has 0 aliphatic carbocycles. The Morgan fingerprint density at radius 2 is 2.05 bits per heavy atom. The highest BCUT2D eigenvalue weighted by Gasteiger charge is 2.31. The monoisotopic (exact) mass is 271 g/mol. The molecule has 0 heterocycles. The van der Waals surface area contributed by atoms with Gasteiger partial charge < -0.3 is 4.74 Å². The predicted octanol–water partition coefficient (Wildman–Crippen LogP) is 4.48. The van der Waals surface area contributed by atoms with E-state index in [1.54, 1.807) is 13.0 Å². The van der Waals surface area contributed by atoms with E-state index in [1.165, 1.54) is 6.07 Å². The molecule has 19 heavy (non-hydrogen) atoms. The molecule has 2 atom stereocenters. The number of hydrogen-bond acceptors (Lipinski definition) is 2. The van der Waals surface area contributed by atoms with Gasteiger partial charge >= 0.3 is 6.18 Å². The molecule has 1 aromatic rings. The second-order valence-corrected chi connectivity index (χ2v) is 4.31. The minimum atomic E-state index is -4.37. The molecule has 0 aromatic heterocycles. The van der Waals surface area contributed by atoms with Crippen LogP contribution in [0.15, 0.2) is 24.3 Å². The third kappa shape index (κ3) is 4.56. The Kier molecular flexibility index (Phi) is 5.37. The van der Waals surface area contributed by atoms with Crippen LogP contribution in [0.5, 0.6) is 0 Å². The van der Waals surface area contributed by atoms with Crippen molar-refractivity contribution in [3.63, 3.8) is 0 Å². The Morgan fingerprint density at radius 3 is 2.58 bits per heavy atom. The van der Waals surface area contributed by atoms with Crippen LogP contribution >= 0.6 is 0 Å². The molecule has 0 fully saturated rings. The summed E-state index contributed by atoms with van der Waals surface area (Å²) in [6, 6.07) is 7.00. The summed E-state index contributed by atoms with van der Waals surface area (Å²) in [6.07, 6.45) is -4.16. The summed E-state index contributed by atoms with van der Waals surface area (Å²) in [5, 5.41) is 8.73. The maximum absolute atomic E-state index is 12.7. The number of nitriles is 1. The molecular weight excluding hydrogens is 255 g/mol. The maximum Gasteiger partial charge on any atom is 0.416 e. The molecule has 0 bridgehead atoms. The van der Waals surface area contributed by atoms with Gasteiger partial charge in [-0.2, -0.15) is 18.4 Å². The number of rotatable bonds is 5. The summed E-state index contributed by atoms with van der Waals surface area (Å²) in [4.78, 5) is 0. The van der Waals surface area contributed by atoms with Crippen molar-refractivity contribution in [2.24, 2.45) is 0 Å². The fraction of sp³-hybridized carbons (Fsp3) is 0.500. The summed E-state index contributed by atoms with van der Waals surface area (Å²) >= 11 is 0. The summed E-state index contributed by atoms with van der Waals surface area (Å²) in [7, 11) is 0. The minimum Gasteiger partial charge on any atom is -0.356 e. The van der Waals surface area contributed by atoms with Crippen LogP contribution in [0, 0.1) is 11.3 Å². The normalized spacial score (nSPS) is 14.7. The number of halogens is 3. The SMILES string of the molecule is CCC[C@@H](O[C@@H](C)C#N)c1cccc(C(F)(F)F)c1. The number of nitrogens with zero attached hydrogens (tertiary/aromatic N) is 1. The minimum absolute atomic E-state index is 0.457. The van der Waals surface area contributed by atoms with Gasteiger partial charge in [-0.15, -0.1) is 0 Å². The molecule has 0 aliphatic heterocycles. The van der Waals surface area contributed by atoms with Gasteiger partial charge in [0.15, 0.2) is 0 Å².